The first kappa shape index (κ1) is 22.4. The third kappa shape index (κ3) is 4.79. The fourth-order valence-corrected chi connectivity index (χ4v) is 3.77. The number of rotatable bonds is 7. The van der Waals surface area contributed by atoms with Crippen LogP contribution >= 0.6 is 0 Å². The van der Waals surface area contributed by atoms with Gasteiger partial charge in [0.05, 0.1) is 17.2 Å². The number of para-hydroxylation sites is 2. The molecule has 176 valence electrons. The highest BCUT2D eigenvalue weighted by molar-refractivity contribution is 5.91. The van der Waals surface area contributed by atoms with Crippen molar-refractivity contribution in [2.45, 2.75) is 19.4 Å². The summed E-state index contributed by atoms with van der Waals surface area (Å²) in [5, 5.41) is 2.77. The number of nitrogens with zero attached hydrogens (tertiary/aromatic N) is 3. The van der Waals surface area contributed by atoms with E-state index in [9.17, 15) is 18.0 Å². The maximum atomic E-state index is 13.7. The van der Waals surface area contributed by atoms with Gasteiger partial charge >= 0.3 is 6.55 Å². The average molecular weight is 476 g/mol. The van der Waals surface area contributed by atoms with Gasteiger partial charge in [-0.15, -0.1) is 0 Å². The van der Waals surface area contributed by atoms with E-state index in [0.29, 0.717) is 39.5 Å². The maximum Gasteiger partial charge on any atom is 0.320 e. The number of aromatic nitrogens is 3. The lowest BCUT2D eigenvalue weighted by molar-refractivity contribution is -0.116. The molecule has 0 atom stereocenters. The van der Waals surface area contributed by atoms with Gasteiger partial charge in [0, 0.05) is 29.7 Å². The predicted molar refractivity (Wildman–Crippen MR) is 125 cm³/mol. The number of nitrogens with one attached hydrogen (secondary N) is 1. The van der Waals surface area contributed by atoms with Crippen LogP contribution in [0.2, 0.25) is 0 Å². The lowest BCUT2D eigenvalue weighted by Crippen LogP contribution is -2.12. The standard InChI is InChI=1S/C26H19F3N4O2/c27-18-9-5-16(6-10-18)22-15-30-24(35-22)14-13-23(34)31-19-11-7-17(8-12-19)25-32-20-3-1-2-4-21(20)33(25)26(28)29/h1-12,15,26H,13-14H2,(H,31,34). The summed E-state index contributed by atoms with van der Waals surface area (Å²) in [7, 11) is 0. The number of anilines is 1. The van der Waals surface area contributed by atoms with Crippen LogP contribution in [0.4, 0.5) is 18.9 Å². The number of alkyl halides is 2. The minimum atomic E-state index is -2.74. The molecule has 0 saturated heterocycles. The van der Waals surface area contributed by atoms with Crippen LogP contribution in [0, 0.1) is 5.82 Å². The topological polar surface area (TPSA) is 73.0 Å². The van der Waals surface area contributed by atoms with Gasteiger partial charge < -0.3 is 9.73 Å². The molecular formula is C26H19F3N4O2. The quantitative estimate of drug-likeness (QED) is 0.292. The van der Waals surface area contributed by atoms with Crippen LogP contribution in [0.25, 0.3) is 33.7 Å². The number of hydrogen-bond acceptors (Lipinski definition) is 4. The van der Waals surface area contributed by atoms with Gasteiger partial charge in [-0.3, -0.25) is 9.36 Å². The molecular weight excluding hydrogens is 457 g/mol. The normalized spacial score (nSPS) is 11.3. The summed E-state index contributed by atoms with van der Waals surface area (Å²) < 4.78 is 47.0. The number of benzene rings is 3. The Morgan fingerprint density at radius 3 is 2.43 bits per heavy atom. The minimum absolute atomic E-state index is 0.131. The van der Waals surface area contributed by atoms with Gasteiger partial charge in [0.25, 0.3) is 0 Å². The Bertz CT molecular complexity index is 1480. The van der Waals surface area contributed by atoms with E-state index in [1.54, 1.807) is 60.7 Å². The molecule has 3 aromatic carbocycles. The number of carbonyl (C=O) groups is 1. The van der Waals surface area contributed by atoms with E-state index in [1.807, 2.05) is 0 Å². The number of halogens is 3. The molecule has 0 aliphatic heterocycles. The van der Waals surface area contributed by atoms with Crippen LogP contribution in [0.15, 0.2) is 83.4 Å². The van der Waals surface area contributed by atoms with Crippen molar-refractivity contribution in [1.82, 2.24) is 14.5 Å². The van der Waals surface area contributed by atoms with E-state index in [-0.39, 0.29) is 30.4 Å². The fraction of sp³-hybridized carbons (Fsp3) is 0.115. The molecule has 5 rings (SSSR count). The highest BCUT2D eigenvalue weighted by Gasteiger charge is 2.19. The third-order valence-electron chi connectivity index (χ3n) is 5.47. The molecule has 1 N–H and O–H groups in total. The second-order valence-electron chi connectivity index (χ2n) is 7.82. The predicted octanol–water partition coefficient (Wildman–Crippen LogP) is 6.46. The summed E-state index contributed by atoms with van der Waals surface area (Å²) >= 11 is 0. The van der Waals surface area contributed by atoms with E-state index >= 15 is 0 Å². The van der Waals surface area contributed by atoms with Crippen LogP contribution in [-0.4, -0.2) is 20.4 Å². The zero-order valence-electron chi connectivity index (χ0n) is 18.3. The molecule has 0 saturated carbocycles. The Kier molecular flexibility index (Phi) is 6.05. The van der Waals surface area contributed by atoms with Gasteiger partial charge in [-0.25, -0.2) is 14.4 Å². The average Bonchev–Trinajstić information content (AvgIpc) is 3.49. The third-order valence-corrected chi connectivity index (χ3v) is 5.47. The van der Waals surface area contributed by atoms with Gasteiger partial charge in [0.1, 0.15) is 11.6 Å². The van der Waals surface area contributed by atoms with Gasteiger partial charge in [0.2, 0.25) is 5.91 Å². The minimum Gasteiger partial charge on any atom is -0.441 e. The highest BCUT2D eigenvalue weighted by Crippen LogP contribution is 2.30. The van der Waals surface area contributed by atoms with Crippen LogP contribution in [-0.2, 0) is 11.2 Å². The molecule has 0 spiro atoms. The Morgan fingerprint density at radius 1 is 0.971 bits per heavy atom. The van der Waals surface area contributed by atoms with Crippen molar-refractivity contribution in [2.24, 2.45) is 0 Å². The van der Waals surface area contributed by atoms with Crippen LogP contribution in [0.1, 0.15) is 18.9 Å². The summed E-state index contributed by atoms with van der Waals surface area (Å²) in [4.78, 5) is 20.9. The number of fused-ring (bicyclic) bond motifs is 1. The van der Waals surface area contributed by atoms with Crippen LogP contribution in [0.3, 0.4) is 0 Å². The Balaban J connectivity index is 1.23. The van der Waals surface area contributed by atoms with Crippen molar-refractivity contribution in [3.63, 3.8) is 0 Å². The Morgan fingerprint density at radius 2 is 1.69 bits per heavy atom. The first-order chi connectivity index (χ1) is 17.0. The number of aryl methyl sites for hydroxylation is 1. The van der Waals surface area contributed by atoms with Crippen molar-refractivity contribution in [3.05, 3.63) is 90.7 Å². The van der Waals surface area contributed by atoms with Crippen molar-refractivity contribution < 1.29 is 22.4 Å². The van der Waals surface area contributed by atoms with E-state index in [1.165, 1.54) is 18.3 Å². The SMILES string of the molecule is O=C(CCc1ncc(-c2ccc(F)cc2)o1)Nc1ccc(-c2nc3ccccc3n2C(F)F)cc1. The Labute approximate surface area is 198 Å². The molecule has 0 aliphatic rings. The first-order valence-corrected chi connectivity index (χ1v) is 10.8. The van der Waals surface area contributed by atoms with Crippen molar-refractivity contribution in [3.8, 4) is 22.7 Å². The van der Waals surface area contributed by atoms with E-state index < -0.39 is 6.55 Å². The molecule has 2 heterocycles. The molecule has 35 heavy (non-hydrogen) atoms. The molecule has 0 aliphatic carbocycles. The molecule has 6 nitrogen and oxygen atoms in total. The second kappa shape index (κ2) is 9.46. The first-order valence-electron chi connectivity index (χ1n) is 10.8. The molecule has 5 aromatic rings. The molecule has 1 amide bonds. The number of amides is 1. The molecule has 0 bridgehead atoms. The van der Waals surface area contributed by atoms with Crippen LogP contribution in [0.5, 0.6) is 0 Å². The van der Waals surface area contributed by atoms with E-state index in [4.69, 9.17) is 4.42 Å². The zero-order valence-corrected chi connectivity index (χ0v) is 18.3. The number of carbonyl (C=O) groups excluding carboxylic acids is 1. The summed E-state index contributed by atoms with van der Waals surface area (Å²) in [5.74, 6) is 0.441. The monoisotopic (exact) mass is 476 g/mol. The van der Waals surface area contributed by atoms with Crippen molar-refractivity contribution >= 4 is 22.6 Å². The summed E-state index contributed by atoms with van der Waals surface area (Å²) in [5.41, 5.74) is 2.55. The Hall–Kier alpha value is -4.40. The number of oxazole rings is 1. The van der Waals surface area contributed by atoms with Gasteiger partial charge in [-0.1, -0.05) is 12.1 Å². The van der Waals surface area contributed by atoms with E-state index in [2.05, 4.69) is 15.3 Å². The summed E-state index contributed by atoms with van der Waals surface area (Å²) in [6, 6.07) is 19.1. The second-order valence-corrected chi connectivity index (χ2v) is 7.82. The lowest BCUT2D eigenvalue weighted by Gasteiger charge is -2.09. The largest absolute Gasteiger partial charge is 0.441 e. The smallest absolute Gasteiger partial charge is 0.320 e. The molecule has 0 fully saturated rings. The highest BCUT2D eigenvalue weighted by atomic mass is 19.3. The number of imidazole rings is 1. The zero-order chi connectivity index (χ0) is 24.4. The molecule has 2 aromatic heterocycles. The van der Waals surface area contributed by atoms with Crippen LogP contribution < -0.4 is 5.32 Å². The molecule has 0 radical (unpaired) electrons. The summed E-state index contributed by atoms with van der Waals surface area (Å²) in [6.45, 7) is -2.74. The summed E-state index contributed by atoms with van der Waals surface area (Å²) in [6.07, 6.45) is 1.95. The van der Waals surface area contributed by atoms with Crippen molar-refractivity contribution in [2.75, 3.05) is 5.32 Å². The van der Waals surface area contributed by atoms with Crippen molar-refractivity contribution in [1.29, 1.82) is 0 Å². The van der Waals surface area contributed by atoms with Gasteiger partial charge in [-0.05, 0) is 60.7 Å². The number of hydrogen-bond donors (Lipinski definition) is 1. The van der Waals surface area contributed by atoms with Gasteiger partial charge in [0.15, 0.2) is 11.7 Å². The molecule has 0 unspecified atom stereocenters. The molecule has 9 heteroatoms. The maximum absolute atomic E-state index is 13.7. The fourth-order valence-electron chi connectivity index (χ4n) is 3.77. The lowest BCUT2D eigenvalue weighted by atomic mass is 10.2. The van der Waals surface area contributed by atoms with E-state index in [0.717, 1.165) is 4.57 Å². The van der Waals surface area contributed by atoms with Gasteiger partial charge in [-0.2, -0.15) is 8.78 Å².